The average molecular weight is 641 g/mol. The largest absolute Gasteiger partial charge is 0.490 e. The smallest absolute Gasteiger partial charge is 0.271 e. The Labute approximate surface area is 280 Å². The lowest BCUT2D eigenvalue weighted by atomic mass is 10.1. The van der Waals surface area contributed by atoms with Crippen molar-refractivity contribution in [1.29, 1.82) is 0 Å². The van der Waals surface area contributed by atoms with Crippen LogP contribution in [-0.4, -0.2) is 17.7 Å². The number of nitrogens with zero attached hydrogens (tertiary/aromatic N) is 2. The Morgan fingerprint density at radius 3 is 2.09 bits per heavy atom. The first kappa shape index (κ1) is 31.7. The normalized spacial score (nSPS) is 14.5. The van der Waals surface area contributed by atoms with Crippen molar-refractivity contribution in [2.75, 3.05) is 11.5 Å². The molecule has 1 fully saturated rings. The SMILES string of the molecule is CCOc1cc(COc2ccccc2/C=C2/SC(=Nc3ccc(C)cc3)N(c3ccc(C)cc3)C2=O)ccc1OCc1ccccc1. The fraction of sp³-hybridized carbons (Fsp3) is 0.150. The molecule has 0 atom stereocenters. The molecule has 0 aliphatic carbocycles. The van der Waals surface area contributed by atoms with Crippen LogP contribution in [-0.2, 0) is 18.0 Å². The first-order valence-electron chi connectivity index (χ1n) is 15.6. The molecule has 0 N–H and O–H groups in total. The number of aryl methyl sites for hydroxylation is 2. The van der Waals surface area contributed by atoms with Crippen molar-refractivity contribution in [3.8, 4) is 17.2 Å². The lowest BCUT2D eigenvalue weighted by Gasteiger charge is -2.16. The summed E-state index contributed by atoms with van der Waals surface area (Å²) in [6.07, 6.45) is 1.88. The van der Waals surface area contributed by atoms with Gasteiger partial charge in [0.1, 0.15) is 19.0 Å². The third-order valence-corrected chi connectivity index (χ3v) is 8.47. The molecule has 5 aromatic carbocycles. The maximum absolute atomic E-state index is 13.9. The Balaban J connectivity index is 1.23. The zero-order valence-electron chi connectivity index (χ0n) is 26.7. The Kier molecular flexibility index (Phi) is 10.0. The van der Waals surface area contributed by atoms with Crippen molar-refractivity contribution in [1.82, 2.24) is 0 Å². The summed E-state index contributed by atoms with van der Waals surface area (Å²) in [5, 5.41) is 0.602. The molecular weight excluding hydrogens is 605 g/mol. The van der Waals surface area contributed by atoms with E-state index in [4.69, 9.17) is 19.2 Å². The van der Waals surface area contributed by atoms with Crippen LogP contribution >= 0.6 is 11.8 Å². The van der Waals surface area contributed by atoms with Gasteiger partial charge in [-0.1, -0.05) is 90.0 Å². The number of carbonyl (C=O) groups excluding carboxylic acids is 1. The number of carbonyl (C=O) groups is 1. The zero-order valence-corrected chi connectivity index (χ0v) is 27.5. The highest BCUT2D eigenvalue weighted by molar-refractivity contribution is 8.19. The van der Waals surface area contributed by atoms with E-state index in [0.717, 1.165) is 39.2 Å². The van der Waals surface area contributed by atoms with E-state index in [-0.39, 0.29) is 5.91 Å². The van der Waals surface area contributed by atoms with Gasteiger partial charge in [0, 0.05) is 5.56 Å². The molecule has 1 amide bonds. The first-order chi connectivity index (χ1) is 23.0. The molecule has 1 aliphatic rings. The summed E-state index contributed by atoms with van der Waals surface area (Å²) in [5.41, 5.74) is 6.66. The summed E-state index contributed by atoms with van der Waals surface area (Å²) < 4.78 is 18.3. The van der Waals surface area contributed by atoms with Gasteiger partial charge in [-0.15, -0.1) is 0 Å². The molecule has 7 heteroatoms. The van der Waals surface area contributed by atoms with E-state index in [1.807, 2.05) is 148 Å². The van der Waals surface area contributed by atoms with Crippen LogP contribution in [0.25, 0.3) is 6.08 Å². The van der Waals surface area contributed by atoms with Crippen molar-refractivity contribution < 1.29 is 19.0 Å². The Morgan fingerprint density at radius 1 is 0.681 bits per heavy atom. The number of amides is 1. The second kappa shape index (κ2) is 14.9. The van der Waals surface area contributed by atoms with E-state index in [2.05, 4.69) is 0 Å². The number of amidine groups is 1. The molecule has 5 aromatic rings. The van der Waals surface area contributed by atoms with Crippen LogP contribution in [0.4, 0.5) is 11.4 Å². The summed E-state index contributed by atoms with van der Waals surface area (Å²) in [4.78, 5) is 21.0. The fourth-order valence-corrected chi connectivity index (χ4v) is 5.99. The molecule has 0 aromatic heterocycles. The van der Waals surface area contributed by atoms with Gasteiger partial charge in [0.25, 0.3) is 5.91 Å². The van der Waals surface area contributed by atoms with Crippen LogP contribution in [0, 0.1) is 13.8 Å². The molecule has 6 nitrogen and oxygen atoms in total. The lowest BCUT2D eigenvalue weighted by Crippen LogP contribution is -2.28. The molecule has 1 heterocycles. The predicted molar refractivity (Wildman–Crippen MR) is 192 cm³/mol. The molecule has 1 saturated heterocycles. The van der Waals surface area contributed by atoms with Crippen LogP contribution in [0.3, 0.4) is 0 Å². The molecule has 1 aliphatic heterocycles. The van der Waals surface area contributed by atoms with Gasteiger partial charge in [0.15, 0.2) is 16.7 Å². The van der Waals surface area contributed by atoms with Gasteiger partial charge in [-0.3, -0.25) is 9.69 Å². The van der Waals surface area contributed by atoms with Gasteiger partial charge in [-0.25, -0.2) is 4.99 Å². The number of hydrogen-bond acceptors (Lipinski definition) is 6. The highest BCUT2D eigenvalue weighted by Gasteiger charge is 2.35. The molecule has 0 saturated carbocycles. The molecule has 0 radical (unpaired) electrons. The third-order valence-electron chi connectivity index (χ3n) is 7.50. The van der Waals surface area contributed by atoms with E-state index in [9.17, 15) is 4.79 Å². The molecule has 0 spiro atoms. The minimum absolute atomic E-state index is 0.132. The topological polar surface area (TPSA) is 60.4 Å². The van der Waals surface area contributed by atoms with E-state index in [1.165, 1.54) is 11.8 Å². The highest BCUT2D eigenvalue weighted by Crippen LogP contribution is 2.39. The molecule has 236 valence electrons. The van der Waals surface area contributed by atoms with E-state index >= 15 is 0 Å². The molecular formula is C40H36N2O4S. The number of anilines is 1. The quantitative estimate of drug-likeness (QED) is 0.135. The lowest BCUT2D eigenvalue weighted by molar-refractivity contribution is -0.113. The highest BCUT2D eigenvalue weighted by atomic mass is 32.2. The zero-order chi connectivity index (χ0) is 32.6. The Morgan fingerprint density at radius 2 is 1.34 bits per heavy atom. The summed E-state index contributed by atoms with van der Waals surface area (Å²) in [7, 11) is 0. The van der Waals surface area contributed by atoms with Gasteiger partial charge >= 0.3 is 0 Å². The average Bonchev–Trinajstić information content (AvgIpc) is 3.39. The van der Waals surface area contributed by atoms with Gasteiger partial charge in [-0.2, -0.15) is 0 Å². The standard InChI is InChI=1S/C40H36N2O4S/c1-4-44-37-24-31(18-23-36(37)46-26-30-10-6-5-7-11-30)27-45-35-13-9-8-12-32(35)25-38-39(43)42(34-21-16-29(3)17-22-34)40(47-38)41-33-19-14-28(2)15-20-33/h5-25H,4,26-27H2,1-3H3/b38-25+,41-40?. The van der Waals surface area contributed by atoms with Crippen molar-refractivity contribution in [3.05, 3.63) is 154 Å². The van der Waals surface area contributed by atoms with E-state index in [0.29, 0.717) is 47.1 Å². The van der Waals surface area contributed by atoms with Crippen LogP contribution in [0.2, 0.25) is 0 Å². The number of ether oxygens (including phenoxy) is 3. The maximum Gasteiger partial charge on any atom is 0.271 e. The van der Waals surface area contributed by atoms with E-state index in [1.54, 1.807) is 4.90 Å². The number of hydrogen-bond donors (Lipinski definition) is 0. The summed E-state index contributed by atoms with van der Waals surface area (Å²) in [6, 6.07) is 39.5. The minimum Gasteiger partial charge on any atom is -0.490 e. The van der Waals surface area contributed by atoms with Crippen molar-refractivity contribution >= 4 is 40.3 Å². The molecule has 0 unspecified atom stereocenters. The third kappa shape index (κ3) is 7.94. The van der Waals surface area contributed by atoms with Crippen molar-refractivity contribution in [2.24, 2.45) is 4.99 Å². The number of para-hydroxylation sites is 1. The summed E-state index contributed by atoms with van der Waals surface area (Å²) in [6.45, 7) is 7.30. The number of thioether (sulfide) groups is 1. The molecule has 47 heavy (non-hydrogen) atoms. The summed E-state index contributed by atoms with van der Waals surface area (Å²) >= 11 is 1.36. The van der Waals surface area contributed by atoms with Crippen LogP contribution in [0.1, 0.15) is 34.7 Å². The van der Waals surface area contributed by atoms with Crippen LogP contribution < -0.4 is 19.1 Å². The predicted octanol–water partition coefficient (Wildman–Crippen LogP) is 9.67. The minimum atomic E-state index is -0.132. The second-order valence-corrected chi connectivity index (χ2v) is 12.1. The van der Waals surface area contributed by atoms with Crippen LogP contribution in [0.15, 0.2) is 131 Å². The van der Waals surface area contributed by atoms with Gasteiger partial charge in [-0.05, 0) is 92.2 Å². The number of rotatable bonds is 11. The van der Waals surface area contributed by atoms with Gasteiger partial charge < -0.3 is 14.2 Å². The van der Waals surface area contributed by atoms with E-state index < -0.39 is 0 Å². The number of benzene rings is 5. The van der Waals surface area contributed by atoms with Crippen molar-refractivity contribution in [3.63, 3.8) is 0 Å². The monoisotopic (exact) mass is 640 g/mol. The summed E-state index contributed by atoms with van der Waals surface area (Å²) in [5.74, 6) is 1.89. The molecule has 0 bridgehead atoms. The van der Waals surface area contributed by atoms with Gasteiger partial charge in [0.05, 0.1) is 22.9 Å². The maximum atomic E-state index is 13.9. The van der Waals surface area contributed by atoms with Crippen LogP contribution in [0.5, 0.6) is 17.2 Å². The Bertz CT molecular complexity index is 1900. The van der Waals surface area contributed by atoms with Gasteiger partial charge in [0.2, 0.25) is 0 Å². The molecule has 6 rings (SSSR count). The second-order valence-electron chi connectivity index (χ2n) is 11.1. The number of aliphatic imine (C=N–C) groups is 1. The first-order valence-corrected chi connectivity index (χ1v) is 16.4. The Hall–Kier alpha value is -5.27. The fourth-order valence-electron chi connectivity index (χ4n) is 5.00. The van der Waals surface area contributed by atoms with Crippen molar-refractivity contribution in [2.45, 2.75) is 34.0 Å².